The van der Waals surface area contributed by atoms with E-state index in [4.69, 9.17) is 4.74 Å². The van der Waals surface area contributed by atoms with E-state index in [1.807, 2.05) is 24.3 Å². The molecule has 0 saturated heterocycles. The summed E-state index contributed by atoms with van der Waals surface area (Å²) in [7, 11) is 1.64. The first kappa shape index (κ1) is 13.1. The lowest BCUT2D eigenvalue weighted by molar-refractivity contribution is -0.116. The Bertz CT molecular complexity index is 761. The number of hydrogen-bond donors (Lipinski definition) is 1. The molecule has 2 aliphatic rings. The van der Waals surface area contributed by atoms with Crippen LogP contribution >= 0.6 is 0 Å². The molecule has 0 fully saturated rings. The Morgan fingerprint density at radius 3 is 2.86 bits per heavy atom. The van der Waals surface area contributed by atoms with Crippen molar-refractivity contribution in [2.75, 3.05) is 12.4 Å². The molecule has 0 bridgehead atoms. The van der Waals surface area contributed by atoms with Crippen molar-refractivity contribution in [1.29, 1.82) is 0 Å². The Hall–Kier alpha value is -2.63. The summed E-state index contributed by atoms with van der Waals surface area (Å²) in [5, 5.41) is 7.56. The van der Waals surface area contributed by atoms with E-state index in [-0.39, 0.29) is 11.8 Å². The number of ether oxygens (including phenoxy) is 1. The average molecular weight is 296 g/mol. The fraction of sp³-hybridized carbons (Fsp3) is 0.312. The molecule has 4 rings (SSSR count). The van der Waals surface area contributed by atoms with Gasteiger partial charge in [0, 0.05) is 17.7 Å². The van der Waals surface area contributed by atoms with E-state index in [0.29, 0.717) is 12.4 Å². The van der Waals surface area contributed by atoms with Crippen LogP contribution in [0.5, 0.6) is 5.75 Å². The van der Waals surface area contributed by atoms with Crippen LogP contribution in [0.3, 0.4) is 0 Å². The first-order valence-electron chi connectivity index (χ1n) is 7.34. The third kappa shape index (κ3) is 1.91. The van der Waals surface area contributed by atoms with Gasteiger partial charge in [-0.15, -0.1) is 0 Å². The summed E-state index contributed by atoms with van der Waals surface area (Å²) < 4.78 is 6.99. The molecule has 2 aromatic rings. The number of benzene rings is 1. The fourth-order valence-electron chi connectivity index (χ4n) is 3.19. The molecule has 2 heterocycles. The van der Waals surface area contributed by atoms with Gasteiger partial charge in [0.1, 0.15) is 18.1 Å². The van der Waals surface area contributed by atoms with Gasteiger partial charge >= 0.3 is 0 Å². The molecule has 1 N–H and O–H groups in total. The Morgan fingerprint density at radius 2 is 2.09 bits per heavy atom. The molecule has 1 aromatic heterocycles. The van der Waals surface area contributed by atoms with E-state index in [0.717, 1.165) is 35.4 Å². The number of carbonyl (C=O) groups excluding carboxylic acids is 1. The smallest absolute Gasteiger partial charge is 0.226 e. The number of aromatic nitrogens is 3. The van der Waals surface area contributed by atoms with Gasteiger partial charge in [0.2, 0.25) is 5.95 Å². The van der Waals surface area contributed by atoms with Gasteiger partial charge in [-0.2, -0.15) is 10.1 Å². The van der Waals surface area contributed by atoms with Gasteiger partial charge < -0.3 is 10.1 Å². The van der Waals surface area contributed by atoms with E-state index < -0.39 is 0 Å². The van der Waals surface area contributed by atoms with Crippen molar-refractivity contribution >= 4 is 11.7 Å². The van der Waals surface area contributed by atoms with E-state index in [2.05, 4.69) is 15.4 Å². The summed E-state index contributed by atoms with van der Waals surface area (Å²) in [4.78, 5) is 16.7. The highest BCUT2D eigenvalue weighted by Gasteiger charge is 2.35. The SMILES string of the molecule is COc1ccc([C@@H]2C3=C(CCCC3=O)Nc3ncnn32)cc1. The zero-order valence-corrected chi connectivity index (χ0v) is 12.2. The van der Waals surface area contributed by atoms with Crippen LogP contribution in [-0.4, -0.2) is 27.7 Å². The van der Waals surface area contributed by atoms with E-state index in [9.17, 15) is 4.79 Å². The summed E-state index contributed by atoms with van der Waals surface area (Å²) in [6, 6.07) is 7.55. The minimum atomic E-state index is -0.215. The number of allylic oxidation sites excluding steroid dienone is 2. The number of Topliss-reactive ketones (excluding diaryl/α,β-unsaturated/α-hetero) is 1. The summed E-state index contributed by atoms with van der Waals surface area (Å²) in [5.74, 6) is 1.67. The molecule has 6 nitrogen and oxygen atoms in total. The number of ketones is 1. The van der Waals surface area contributed by atoms with Crippen LogP contribution in [-0.2, 0) is 4.79 Å². The number of rotatable bonds is 2. The standard InChI is InChI=1S/C16H16N4O2/c1-22-11-7-5-10(6-8-11)15-14-12(3-2-4-13(14)21)19-16-17-9-18-20(15)16/h5-9,15H,2-4H2,1H3,(H,17,18,19)/t15-/m1/s1. The van der Waals surface area contributed by atoms with Gasteiger partial charge in [0.25, 0.3) is 0 Å². The summed E-state index contributed by atoms with van der Waals surface area (Å²) in [6.07, 6.45) is 3.87. The van der Waals surface area contributed by atoms with Gasteiger partial charge in [-0.3, -0.25) is 4.79 Å². The number of fused-ring (bicyclic) bond motifs is 1. The number of carbonyl (C=O) groups is 1. The molecule has 6 heteroatoms. The molecule has 1 aromatic carbocycles. The second-order valence-corrected chi connectivity index (χ2v) is 5.50. The third-order valence-corrected chi connectivity index (χ3v) is 4.24. The zero-order chi connectivity index (χ0) is 15.1. The maximum absolute atomic E-state index is 12.5. The molecule has 0 amide bonds. The summed E-state index contributed by atoms with van der Waals surface area (Å²) in [6.45, 7) is 0. The van der Waals surface area contributed by atoms with E-state index >= 15 is 0 Å². The Balaban J connectivity index is 1.86. The zero-order valence-electron chi connectivity index (χ0n) is 12.2. The lowest BCUT2D eigenvalue weighted by atomic mass is 9.85. The maximum atomic E-state index is 12.5. The fourth-order valence-corrected chi connectivity index (χ4v) is 3.19. The highest BCUT2D eigenvalue weighted by atomic mass is 16.5. The summed E-state index contributed by atoms with van der Waals surface area (Å²) in [5.41, 5.74) is 2.81. The Morgan fingerprint density at radius 1 is 1.27 bits per heavy atom. The average Bonchev–Trinajstić information content (AvgIpc) is 3.01. The molecule has 1 aliphatic carbocycles. The minimum Gasteiger partial charge on any atom is -0.497 e. The molecule has 1 aliphatic heterocycles. The highest BCUT2D eigenvalue weighted by Crippen LogP contribution is 2.39. The molecule has 1 atom stereocenters. The molecule has 0 saturated carbocycles. The molecular formula is C16H16N4O2. The normalized spacial score (nSPS) is 20.2. The van der Waals surface area contributed by atoms with Crippen molar-refractivity contribution in [1.82, 2.24) is 14.8 Å². The molecule has 0 radical (unpaired) electrons. The number of methoxy groups -OCH3 is 1. The quantitative estimate of drug-likeness (QED) is 0.921. The van der Waals surface area contributed by atoms with Crippen LogP contribution in [0.15, 0.2) is 41.9 Å². The lowest BCUT2D eigenvalue weighted by Crippen LogP contribution is -2.31. The van der Waals surface area contributed by atoms with E-state index in [1.165, 1.54) is 6.33 Å². The predicted octanol–water partition coefficient (Wildman–Crippen LogP) is 2.31. The van der Waals surface area contributed by atoms with Crippen LogP contribution in [0, 0.1) is 0 Å². The maximum Gasteiger partial charge on any atom is 0.226 e. The van der Waals surface area contributed by atoms with Crippen molar-refractivity contribution in [2.24, 2.45) is 0 Å². The molecule has 112 valence electrons. The van der Waals surface area contributed by atoms with Crippen LogP contribution < -0.4 is 10.1 Å². The van der Waals surface area contributed by atoms with Crippen molar-refractivity contribution in [3.63, 3.8) is 0 Å². The molecule has 0 unspecified atom stereocenters. The van der Waals surface area contributed by atoms with Crippen molar-refractivity contribution in [3.8, 4) is 5.75 Å². The number of nitrogens with zero attached hydrogens (tertiary/aromatic N) is 3. The van der Waals surface area contributed by atoms with Gasteiger partial charge in [0.05, 0.1) is 7.11 Å². The minimum absolute atomic E-state index is 0.190. The lowest BCUT2D eigenvalue weighted by Gasteiger charge is -2.32. The van der Waals surface area contributed by atoms with Gasteiger partial charge in [-0.25, -0.2) is 4.68 Å². The molecular weight excluding hydrogens is 280 g/mol. The number of anilines is 1. The van der Waals surface area contributed by atoms with E-state index in [1.54, 1.807) is 11.8 Å². The van der Waals surface area contributed by atoms with Crippen molar-refractivity contribution in [2.45, 2.75) is 25.3 Å². The Labute approximate surface area is 127 Å². The van der Waals surface area contributed by atoms with Gasteiger partial charge in [0.15, 0.2) is 5.78 Å². The number of hydrogen-bond acceptors (Lipinski definition) is 5. The summed E-state index contributed by atoms with van der Waals surface area (Å²) >= 11 is 0. The van der Waals surface area contributed by atoms with Crippen LogP contribution in [0.2, 0.25) is 0 Å². The van der Waals surface area contributed by atoms with Crippen LogP contribution in [0.4, 0.5) is 5.95 Å². The molecule has 22 heavy (non-hydrogen) atoms. The topological polar surface area (TPSA) is 69.0 Å². The Kier molecular flexibility index (Phi) is 2.96. The van der Waals surface area contributed by atoms with Crippen LogP contribution in [0.25, 0.3) is 0 Å². The number of nitrogens with one attached hydrogen (secondary N) is 1. The van der Waals surface area contributed by atoms with Crippen molar-refractivity contribution < 1.29 is 9.53 Å². The first-order chi connectivity index (χ1) is 10.8. The molecule has 0 spiro atoms. The largest absolute Gasteiger partial charge is 0.497 e. The predicted molar refractivity (Wildman–Crippen MR) is 80.7 cm³/mol. The van der Waals surface area contributed by atoms with Gasteiger partial charge in [-0.05, 0) is 30.5 Å². The van der Waals surface area contributed by atoms with Crippen molar-refractivity contribution in [3.05, 3.63) is 47.4 Å². The highest BCUT2D eigenvalue weighted by molar-refractivity contribution is 5.99. The second kappa shape index (κ2) is 4.98. The third-order valence-electron chi connectivity index (χ3n) is 4.24. The van der Waals surface area contributed by atoms with Crippen LogP contribution in [0.1, 0.15) is 30.9 Å². The first-order valence-corrected chi connectivity index (χ1v) is 7.34. The monoisotopic (exact) mass is 296 g/mol. The second-order valence-electron chi connectivity index (χ2n) is 5.50. The van der Waals surface area contributed by atoms with Gasteiger partial charge in [-0.1, -0.05) is 12.1 Å².